The van der Waals surface area contributed by atoms with E-state index < -0.39 is 0 Å². The predicted octanol–water partition coefficient (Wildman–Crippen LogP) is 11.3. The topological polar surface area (TPSA) is 0 Å². The highest BCUT2D eigenvalue weighted by atomic mass is 79.9. The molecule has 0 amide bonds. The number of rotatable bonds is 12. The van der Waals surface area contributed by atoms with Crippen molar-refractivity contribution in [3.63, 3.8) is 0 Å². The quantitative estimate of drug-likeness (QED) is 0.211. The Morgan fingerprint density at radius 2 is 0.733 bits per heavy atom. The van der Waals surface area contributed by atoms with Crippen molar-refractivity contribution in [2.45, 2.75) is 105 Å². The Kier molecular flexibility index (Phi) is 12.0. The third-order valence-corrected chi connectivity index (χ3v) is 10.00. The van der Waals surface area contributed by atoms with E-state index in [1.807, 2.05) is 0 Å². The van der Waals surface area contributed by atoms with Crippen LogP contribution in [0.3, 0.4) is 0 Å². The minimum absolute atomic E-state index is 1.14. The van der Waals surface area contributed by atoms with Gasteiger partial charge in [-0.2, -0.15) is 0 Å². The Morgan fingerprint density at radius 1 is 0.400 bits per heavy atom. The van der Waals surface area contributed by atoms with Gasteiger partial charge in [0, 0.05) is 28.7 Å². The van der Waals surface area contributed by atoms with Gasteiger partial charge in [-0.05, 0) is 137 Å². The third-order valence-electron chi connectivity index (χ3n) is 6.05. The lowest BCUT2D eigenvalue weighted by Gasteiger charge is -2.24. The number of aryl methyl sites for hydroxylation is 1. The van der Waals surface area contributed by atoms with E-state index in [-0.39, 0.29) is 0 Å². The maximum atomic E-state index is 4.14. The van der Waals surface area contributed by atoms with Gasteiger partial charge in [0.15, 0.2) is 0 Å². The number of halogens is 4. The molecule has 30 heavy (non-hydrogen) atoms. The molecule has 0 radical (unpaired) electrons. The minimum atomic E-state index is 1.14. The molecule has 0 unspecified atom stereocenters. The van der Waals surface area contributed by atoms with Crippen LogP contribution in [0.15, 0.2) is 17.9 Å². The summed E-state index contributed by atoms with van der Waals surface area (Å²) in [6.45, 7) is 9.15. The van der Waals surface area contributed by atoms with Gasteiger partial charge in [-0.1, -0.05) is 53.4 Å². The zero-order valence-electron chi connectivity index (χ0n) is 19.0. The molecule has 0 aliphatic heterocycles. The zero-order valence-corrected chi connectivity index (χ0v) is 25.3. The van der Waals surface area contributed by atoms with Crippen molar-refractivity contribution < 1.29 is 0 Å². The molecule has 0 saturated heterocycles. The zero-order chi connectivity index (χ0) is 22.3. The first kappa shape index (κ1) is 26.9. The second kappa shape index (κ2) is 13.4. The number of benzene rings is 2. The Morgan fingerprint density at radius 3 is 1.13 bits per heavy atom. The van der Waals surface area contributed by atoms with Crippen molar-refractivity contribution in [3.05, 3.63) is 40.1 Å². The molecule has 0 aromatic heterocycles. The van der Waals surface area contributed by atoms with Crippen LogP contribution in [0.1, 0.15) is 101 Å². The SMILES string of the molecule is CCCCc1c(CCCC)c(Br)c2c(CCCC)c(CCCC)c(Br)c(Br)c2c1Br. The van der Waals surface area contributed by atoms with Crippen LogP contribution < -0.4 is 0 Å². The lowest BCUT2D eigenvalue weighted by atomic mass is 9.88. The summed E-state index contributed by atoms with van der Waals surface area (Å²) in [5.74, 6) is 0. The van der Waals surface area contributed by atoms with Gasteiger partial charge in [-0.25, -0.2) is 0 Å². The molecule has 0 atom stereocenters. The smallest absolute Gasteiger partial charge is 0.0410 e. The summed E-state index contributed by atoms with van der Waals surface area (Å²) in [6, 6.07) is 0. The van der Waals surface area contributed by atoms with E-state index in [2.05, 4.69) is 91.4 Å². The summed E-state index contributed by atoms with van der Waals surface area (Å²) in [7, 11) is 0. The summed E-state index contributed by atoms with van der Waals surface area (Å²) >= 11 is 16.2. The summed E-state index contributed by atoms with van der Waals surface area (Å²) in [4.78, 5) is 0. The first-order valence-corrected chi connectivity index (χ1v) is 14.9. The molecule has 0 bridgehead atoms. The Labute approximate surface area is 217 Å². The molecule has 0 saturated carbocycles. The van der Waals surface area contributed by atoms with Crippen molar-refractivity contribution in [2.24, 2.45) is 0 Å². The van der Waals surface area contributed by atoms with Gasteiger partial charge in [0.25, 0.3) is 0 Å². The normalized spacial score (nSPS) is 11.6. The van der Waals surface area contributed by atoms with Crippen molar-refractivity contribution in [2.75, 3.05) is 0 Å². The average Bonchev–Trinajstić information content (AvgIpc) is 2.74. The molecule has 0 heterocycles. The van der Waals surface area contributed by atoms with Crippen LogP contribution in [0, 0.1) is 0 Å². The highest BCUT2D eigenvalue weighted by molar-refractivity contribution is 9.13. The summed E-state index contributed by atoms with van der Waals surface area (Å²) in [5.41, 5.74) is 6.07. The van der Waals surface area contributed by atoms with Gasteiger partial charge in [0.2, 0.25) is 0 Å². The maximum absolute atomic E-state index is 4.14. The van der Waals surface area contributed by atoms with Crippen LogP contribution >= 0.6 is 63.7 Å². The van der Waals surface area contributed by atoms with Gasteiger partial charge >= 0.3 is 0 Å². The van der Waals surface area contributed by atoms with Crippen molar-refractivity contribution in [3.8, 4) is 0 Å². The molecule has 0 aliphatic rings. The van der Waals surface area contributed by atoms with Gasteiger partial charge in [0.05, 0.1) is 0 Å². The van der Waals surface area contributed by atoms with Gasteiger partial charge < -0.3 is 0 Å². The fourth-order valence-electron chi connectivity index (χ4n) is 4.27. The molecule has 0 spiro atoms. The van der Waals surface area contributed by atoms with Gasteiger partial charge in [-0.3, -0.25) is 0 Å². The molecule has 2 aromatic rings. The molecule has 168 valence electrons. The molecule has 0 N–H and O–H groups in total. The fourth-order valence-corrected chi connectivity index (χ4v) is 7.52. The molecule has 2 rings (SSSR count). The first-order chi connectivity index (χ1) is 14.4. The molecule has 4 heteroatoms. The van der Waals surface area contributed by atoms with E-state index in [9.17, 15) is 0 Å². The van der Waals surface area contributed by atoms with Crippen molar-refractivity contribution in [1.82, 2.24) is 0 Å². The average molecular weight is 668 g/mol. The number of hydrogen-bond donors (Lipinski definition) is 0. The van der Waals surface area contributed by atoms with Crippen LogP contribution in [0.2, 0.25) is 0 Å². The third kappa shape index (κ3) is 5.94. The molecule has 0 nitrogen and oxygen atoms in total. The molecule has 2 aromatic carbocycles. The Hall–Kier alpha value is 0.620. The minimum Gasteiger partial charge on any atom is -0.0654 e. The highest BCUT2D eigenvalue weighted by Gasteiger charge is 2.24. The van der Waals surface area contributed by atoms with Crippen LogP contribution in [-0.2, 0) is 25.7 Å². The van der Waals surface area contributed by atoms with Crippen LogP contribution in [0.4, 0.5) is 0 Å². The van der Waals surface area contributed by atoms with Crippen molar-refractivity contribution >= 4 is 74.5 Å². The highest BCUT2D eigenvalue weighted by Crippen LogP contribution is 2.48. The largest absolute Gasteiger partial charge is 0.0654 e. The maximum Gasteiger partial charge on any atom is 0.0410 e. The molecule has 0 aliphatic carbocycles. The van der Waals surface area contributed by atoms with Gasteiger partial charge in [0.1, 0.15) is 0 Å². The second-order valence-electron chi connectivity index (χ2n) is 8.33. The predicted molar refractivity (Wildman–Crippen MR) is 149 cm³/mol. The molecule has 0 fully saturated rings. The summed E-state index contributed by atoms with van der Waals surface area (Å²) in [5, 5.41) is 2.77. The molecular weight excluding hydrogens is 632 g/mol. The number of fused-ring (bicyclic) bond motifs is 1. The summed E-state index contributed by atoms with van der Waals surface area (Å²) in [6.07, 6.45) is 14.4. The van der Waals surface area contributed by atoms with E-state index in [0.29, 0.717) is 0 Å². The van der Waals surface area contributed by atoms with Crippen LogP contribution in [-0.4, -0.2) is 0 Å². The van der Waals surface area contributed by atoms with Crippen molar-refractivity contribution in [1.29, 1.82) is 0 Å². The van der Waals surface area contributed by atoms with Crippen LogP contribution in [0.25, 0.3) is 10.8 Å². The van der Waals surface area contributed by atoms with E-state index >= 15 is 0 Å². The number of hydrogen-bond acceptors (Lipinski definition) is 0. The van der Waals surface area contributed by atoms with E-state index in [1.165, 1.54) is 96.7 Å². The summed E-state index contributed by atoms with van der Waals surface area (Å²) < 4.78 is 5.10. The van der Waals surface area contributed by atoms with Gasteiger partial charge in [-0.15, -0.1) is 0 Å². The fraction of sp³-hybridized carbons (Fsp3) is 0.615. The lowest BCUT2D eigenvalue weighted by molar-refractivity contribution is 0.751. The first-order valence-electron chi connectivity index (χ1n) is 11.7. The lowest BCUT2D eigenvalue weighted by Crippen LogP contribution is -2.05. The van der Waals surface area contributed by atoms with E-state index in [0.717, 1.165) is 25.7 Å². The standard InChI is InChI=1S/C26H36Br4/c1-5-9-13-17-18(14-10-6-2)25(29)26(30)22-21(17)23(27)19(15-11-7-3)20(24(22)28)16-12-8-4/h5-16H2,1-4H3. The Balaban J connectivity index is 2.92. The second-order valence-corrected chi connectivity index (χ2v) is 11.5. The molecular formula is C26H36Br4. The van der Waals surface area contributed by atoms with Crippen LogP contribution in [0.5, 0.6) is 0 Å². The Bertz CT molecular complexity index is 849. The number of unbranched alkanes of at least 4 members (excludes halogenated alkanes) is 4. The van der Waals surface area contributed by atoms with E-state index in [4.69, 9.17) is 0 Å². The monoisotopic (exact) mass is 664 g/mol. The van der Waals surface area contributed by atoms with E-state index in [1.54, 1.807) is 5.56 Å².